The van der Waals surface area contributed by atoms with Gasteiger partial charge < -0.3 is 4.57 Å². The highest BCUT2D eigenvalue weighted by atomic mass is 35.5. The topological polar surface area (TPSA) is 52.0 Å². The number of alkyl halides is 1. The van der Waals surface area contributed by atoms with E-state index in [1.165, 1.54) is 6.26 Å². The Bertz CT molecular complexity index is 372. The molecule has 0 saturated heterocycles. The number of hydrogen-bond acceptors (Lipinski definition) is 3. The third kappa shape index (κ3) is 3.78. The van der Waals surface area contributed by atoms with Crippen LogP contribution in [0, 0.1) is 0 Å². The maximum Gasteiger partial charge on any atom is 0.149 e. The van der Waals surface area contributed by atoms with Crippen molar-refractivity contribution >= 4 is 21.4 Å². The molecule has 0 aliphatic heterocycles. The van der Waals surface area contributed by atoms with Gasteiger partial charge in [-0.1, -0.05) is 0 Å². The van der Waals surface area contributed by atoms with Gasteiger partial charge in [0.05, 0.1) is 23.7 Å². The van der Waals surface area contributed by atoms with Crippen LogP contribution in [0.5, 0.6) is 0 Å². The Kier molecular flexibility index (Phi) is 3.33. The lowest BCUT2D eigenvalue weighted by atomic mass is 10.5. The molecule has 1 aromatic rings. The van der Waals surface area contributed by atoms with Gasteiger partial charge >= 0.3 is 0 Å². The lowest BCUT2D eigenvalue weighted by Gasteiger charge is -1.98. The SMILES string of the molecule is CS(=O)(=O)CCn1cnc(CCl)c1. The first kappa shape index (κ1) is 10.5. The van der Waals surface area contributed by atoms with Crippen molar-refractivity contribution in [3.63, 3.8) is 0 Å². The number of nitrogens with zero attached hydrogens (tertiary/aromatic N) is 2. The molecule has 13 heavy (non-hydrogen) atoms. The summed E-state index contributed by atoms with van der Waals surface area (Å²) in [5.74, 6) is 0.483. The summed E-state index contributed by atoms with van der Waals surface area (Å²) in [6, 6.07) is 0. The molecular weight excluding hydrogens is 212 g/mol. The van der Waals surface area contributed by atoms with Crippen molar-refractivity contribution < 1.29 is 8.42 Å². The molecule has 1 aromatic heterocycles. The van der Waals surface area contributed by atoms with Crippen LogP contribution in [0.2, 0.25) is 0 Å². The highest BCUT2D eigenvalue weighted by Crippen LogP contribution is 2.00. The summed E-state index contributed by atoms with van der Waals surface area (Å²) in [6.07, 6.45) is 4.55. The molecule has 6 heteroatoms. The minimum Gasteiger partial charge on any atom is -0.336 e. The van der Waals surface area contributed by atoms with E-state index >= 15 is 0 Å². The van der Waals surface area contributed by atoms with Crippen LogP contribution in [0.15, 0.2) is 12.5 Å². The van der Waals surface area contributed by atoms with Crippen LogP contribution in [-0.2, 0) is 22.3 Å². The van der Waals surface area contributed by atoms with E-state index in [1.807, 2.05) is 0 Å². The molecule has 0 aliphatic rings. The Morgan fingerprint density at radius 2 is 2.31 bits per heavy atom. The molecule has 0 radical (unpaired) electrons. The lowest BCUT2D eigenvalue weighted by molar-refractivity contribution is 0.594. The van der Waals surface area contributed by atoms with Gasteiger partial charge in [-0.25, -0.2) is 13.4 Å². The van der Waals surface area contributed by atoms with Crippen molar-refractivity contribution in [1.29, 1.82) is 0 Å². The number of halogens is 1. The first-order valence-electron chi connectivity index (χ1n) is 3.75. The van der Waals surface area contributed by atoms with E-state index in [0.29, 0.717) is 12.4 Å². The molecule has 0 bridgehead atoms. The summed E-state index contributed by atoms with van der Waals surface area (Å²) in [5.41, 5.74) is 0.759. The van der Waals surface area contributed by atoms with Gasteiger partial charge in [-0.2, -0.15) is 0 Å². The maximum absolute atomic E-state index is 10.8. The first-order chi connectivity index (χ1) is 6.01. The predicted molar refractivity (Wildman–Crippen MR) is 51.5 cm³/mol. The molecule has 4 nitrogen and oxygen atoms in total. The van der Waals surface area contributed by atoms with Gasteiger partial charge in [0.1, 0.15) is 9.84 Å². The van der Waals surface area contributed by atoms with Crippen molar-refractivity contribution in [3.05, 3.63) is 18.2 Å². The zero-order valence-corrected chi connectivity index (χ0v) is 8.85. The molecule has 0 unspecified atom stereocenters. The summed E-state index contributed by atoms with van der Waals surface area (Å²) in [5, 5.41) is 0. The number of aromatic nitrogens is 2. The molecule has 0 saturated carbocycles. The summed E-state index contributed by atoms with van der Waals surface area (Å²) < 4.78 is 23.4. The normalized spacial score (nSPS) is 11.8. The third-order valence-electron chi connectivity index (χ3n) is 1.54. The second-order valence-electron chi connectivity index (χ2n) is 2.87. The van der Waals surface area contributed by atoms with Crippen LogP contribution < -0.4 is 0 Å². The van der Waals surface area contributed by atoms with E-state index in [4.69, 9.17) is 11.6 Å². The molecule has 0 aliphatic carbocycles. The second-order valence-corrected chi connectivity index (χ2v) is 5.39. The van der Waals surface area contributed by atoms with Crippen LogP contribution in [0.3, 0.4) is 0 Å². The number of aryl methyl sites for hydroxylation is 1. The third-order valence-corrected chi connectivity index (χ3v) is 2.74. The molecule has 1 heterocycles. The van der Waals surface area contributed by atoms with E-state index in [9.17, 15) is 8.42 Å². The standard InChI is InChI=1S/C7H11ClN2O2S/c1-13(11,12)3-2-10-5-7(4-8)9-6-10/h5-6H,2-4H2,1H3. The zero-order chi connectivity index (χ0) is 9.90. The number of rotatable bonds is 4. The van der Waals surface area contributed by atoms with Gasteiger partial charge in [0.2, 0.25) is 0 Å². The zero-order valence-electron chi connectivity index (χ0n) is 7.27. The summed E-state index contributed by atoms with van der Waals surface area (Å²) in [7, 11) is -2.90. The van der Waals surface area contributed by atoms with Crippen LogP contribution in [0.25, 0.3) is 0 Å². The molecule has 1 rings (SSSR count). The highest BCUT2D eigenvalue weighted by Gasteiger charge is 2.03. The van der Waals surface area contributed by atoms with Crippen molar-refractivity contribution in [3.8, 4) is 0 Å². The van der Waals surface area contributed by atoms with Gasteiger partial charge in [-0.05, 0) is 0 Å². The molecular formula is C7H11ClN2O2S. The average molecular weight is 223 g/mol. The fourth-order valence-corrected chi connectivity index (χ4v) is 1.55. The second kappa shape index (κ2) is 4.11. The average Bonchev–Trinajstić information content (AvgIpc) is 2.47. The van der Waals surface area contributed by atoms with Gasteiger partial charge in [0.25, 0.3) is 0 Å². The summed E-state index contributed by atoms with van der Waals surface area (Å²) in [4.78, 5) is 3.97. The smallest absolute Gasteiger partial charge is 0.149 e. The van der Waals surface area contributed by atoms with Crippen molar-refractivity contribution in [1.82, 2.24) is 9.55 Å². The van der Waals surface area contributed by atoms with Gasteiger partial charge in [0, 0.05) is 19.0 Å². The Balaban J connectivity index is 2.55. The molecule has 74 valence electrons. The van der Waals surface area contributed by atoms with Gasteiger partial charge in [-0.15, -0.1) is 11.6 Å². The van der Waals surface area contributed by atoms with E-state index in [-0.39, 0.29) is 5.75 Å². The maximum atomic E-state index is 10.8. The lowest BCUT2D eigenvalue weighted by Crippen LogP contribution is -2.09. The molecule has 0 atom stereocenters. The summed E-state index contributed by atoms with van der Waals surface area (Å²) >= 11 is 5.54. The predicted octanol–water partition coefficient (Wildman–Crippen LogP) is 0.666. The van der Waals surface area contributed by atoms with E-state index < -0.39 is 9.84 Å². The fraction of sp³-hybridized carbons (Fsp3) is 0.571. The highest BCUT2D eigenvalue weighted by molar-refractivity contribution is 7.90. The Labute approximate surface area is 82.5 Å². The first-order valence-corrected chi connectivity index (χ1v) is 6.35. The number of hydrogen-bond donors (Lipinski definition) is 0. The monoisotopic (exact) mass is 222 g/mol. The fourth-order valence-electron chi connectivity index (χ4n) is 0.869. The molecule has 0 aromatic carbocycles. The molecule has 0 amide bonds. The van der Waals surface area contributed by atoms with Crippen LogP contribution in [0.4, 0.5) is 0 Å². The molecule has 0 fully saturated rings. The van der Waals surface area contributed by atoms with Crippen LogP contribution >= 0.6 is 11.6 Å². The minimum absolute atomic E-state index is 0.130. The van der Waals surface area contributed by atoms with E-state index in [2.05, 4.69) is 4.98 Å². The van der Waals surface area contributed by atoms with Crippen molar-refractivity contribution in [2.45, 2.75) is 12.4 Å². The van der Waals surface area contributed by atoms with Crippen molar-refractivity contribution in [2.24, 2.45) is 0 Å². The van der Waals surface area contributed by atoms with E-state index in [0.717, 1.165) is 5.69 Å². The molecule has 0 N–H and O–H groups in total. The quantitative estimate of drug-likeness (QED) is 0.704. The number of sulfone groups is 1. The van der Waals surface area contributed by atoms with Crippen LogP contribution in [-0.4, -0.2) is 30.0 Å². The largest absolute Gasteiger partial charge is 0.336 e. The van der Waals surface area contributed by atoms with Crippen molar-refractivity contribution in [2.75, 3.05) is 12.0 Å². The Hall–Kier alpha value is -0.550. The van der Waals surface area contributed by atoms with Gasteiger partial charge in [-0.3, -0.25) is 0 Å². The minimum atomic E-state index is -2.90. The Morgan fingerprint density at radius 1 is 1.62 bits per heavy atom. The van der Waals surface area contributed by atoms with Crippen LogP contribution in [0.1, 0.15) is 5.69 Å². The van der Waals surface area contributed by atoms with Gasteiger partial charge in [0.15, 0.2) is 0 Å². The Morgan fingerprint density at radius 3 is 2.77 bits per heavy atom. The summed E-state index contributed by atoms with van der Waals surface area (Å²) in [6.45, 7) is 0.433. The molecule has 0 spiro atoms. The number of imidazole rings is 1. The van der Waals surface area contributed by atoms with E-state index in [1.54, 1.807) is 17.1 Å².